The summed E-state index contributed by atoms with van der Waals surface area (Å²) in [5.41, 5.74) is 2.03. The van der Waals surface area contributed by atoms with Crippen LogP contribution in [0.2, 0.25) is 0 Å². The van der Waals surface area contributed by atoms with Crippen LogP contribution >= 0.6 is 0 Å². The lowest BCUT2D eigenvalue weighted by Crippen LogP contribution is -2.33. The highest BCUT2D eigenvalue weighted by atomic mass is 16.6. The number of H-pyrrole nitrogens is 1. The van der Waals surface area contributed by atoms with E-state index in [9.17, 15) is 4.79 Å². The quantitative estimate of drug-likeness (QED) is 0.702. The highest BCUT2D eigenvalue weighted by Crippen LogP contribution is 2.27. The number of ether oxygens (including phenoxy) is 2. The number of carbonyl (C=O) groups is 1. The second-order valence-corrected chi connectivity index (χ2v) is 8.63. The number of aromatic nitrogens is 1. The van der Waals surface area contributed by atoms with E-state index in [0.29, 0.717) is 19.2 Å². The fourth-order valence-electron chi connectivity index (χ4n) is 3.67. The number of carbonyl (C=O) groups excluding carboxylic acids is 1. The molecule has 1 aromatic carbocycles. The Kier molecular flexibility index (Phi) is 6.50. The van der Waals surface area contributed by atoms with Gasteiger partial charge in [0.1, 0.15) is 11.4 Å². The molecule has 1 fully saturated rings. The van der Waals surface area contributed by atoms with Crippen molar-refractivity contribution in [2.45, 2.75) is 58.1 Å². The number of likely N-dealkylation sites (N-methyl/N-ethyl adjacent to an activating group) is 1. The predicted molar refractivity (Wildman–Crippen MR) is 112 cm³/mol. The third-order valence-corrected chi connectivity index (χ3v) is 5.12. The van der Waals surface area contributed by atoms with Crippen LogP contribution in [0.5, 0.6) is 5.75 Å². The van der Waals surface area contributed by atoms with Crippen LogP contribution in [0.1, 0.15) is 45.6 Å². The van der Waals surface area contributed by atoms with Gasteiger partial charge in [0.05, 0.1) is 6.61 Å². The van der Waals surface area contributed by atoms with Crippen molar-refractivity contribution >= 4 is 17.0 Å². The highest BCUT2D eigenvalue weighted by Gasteiger charge is 2.22. The van der Waals surface area contributed by atoms with Crippen molar-refractivity contribution in [2.24, 2.45) is 0 Å². The number of benzene rings is 1. The second-order valence-electron chi connectivity index (χ2n) is 8.63. The molecule has 2 aromatic rings. The Morgan fingerprint density at radius 3 is 2.89 bits per heavy atom. The molecule has 6 nitrogen and oxygen atoms in total. The van der Waals surface area contributed by atoms with Gasteiger partial charge in [-0.2, -0.15) is 0 Å². The summed E-state index contributed by atoms with van der Waals surface area (Å²) in [5, 5.41) is 3.99. The van der Waals surface area contributed by atoms with Gasteiger partial charge in [0.25, 0.3) is 0 Å². The van der Waals surface area contributed by atoms with Gasteiger partial charge in [-0.25, -0.2) is 4.79 Å². The molecule has 3 rings (SSSR count). The van der Waals surface area contributed by atoms with Gasteiger partial charge in [0.2, 0.25) is 0 Å². The fourth-order valence-corrected chi connectivity index (χ4v) is 3.67. The summed E-state index contributed by atoms with van der Waals surface area (Å²) < 4.78 is 11.1. The number of fused-ring (bicyclic) bond motifs is 1. The van der Waals surface area contributed by atoms with E-state index in [2.05, 4.69) is 40.6 Å². The first-order valence-corrected chi connectivity index (χ1v) is 10.2. The lowest BCUT2D eigenvalue weighted by Gasteiger charge is -2.19. The molecule has 1 aliphatic rings. The summed E-state index contributed by atoms with van der Waals surface area (Å²) in [6.07, 6.45) is 6.09. The van der Waals surface area contributed by atoms with Crippen LogP contribution in [0.25, 0.3) is 10.9 Å². The molecule has 154 valence electrons. The van der Waals surface area contributed by atoms with Crippen LogP contribution in [0, 0.1) is 0 Å². The summed E-state index contributed by atoms with van der Waals surface area (Å²) in [7, 11) is 2.21. The van der Waals surface area contributed by atoms with Crippen molar-refractivity contribution in [2.75, 3.05) is 26.7 Å². The van der Waals surface area contributed by atoms with Crippen molar-refractivity contribution in [1.82, 2.24) is 15.2 Å². The van der Waals surface area contributed by atoms with Crippen LogP contribution in [0.15, 0.2) is 24.4 Å². The third kappa shape index (κ3) is 5.64. The normalized spacial score (nSPS) is 17.8. The number of aromatic amines is 1. The number of likely N-dealkylation sites (tertiary alicyclic amines) is 1. The second kappa shape index (κ2) is 8.86. The van der Waals surface area contributed by atoms with E-state index in [1.165, 1.54) is 30.3 Å². The maximum absolute atomic E-state index is 11.6. The summed E-state index contributed by atoms with van der Waals surface area (Å²) in [6.45, 7) is 7.83. The minimum absolute atomic E-state index is 0.386. The molecule has 1 saturated heterocycles. The molecule has 6 heteroatoms. The zero-order valence-corrected chi connectivity index (χ0v) is 17.5. The number of alkyl carbamates (subject to hydrolysis) is 1. The molecule has 0 aliphatic carbocycles. The first-order chi connectivity index (χ1) is 13.3. The van der Waals surface area contributed by atoms with Gasteiger partial charge in [-0.1, -0.05) is 0 Å². The molecule has 2 N–H and O–H groups in total. The summed E-state index contributed by atoms with van der Waals surface area (Å²) in [6, 6.07) is 6.82. The maximum Gasteiger partial charge on any atom is 0.407 e. The van der Waals surface area contributed by atoms with Crippen LogP contribution in [-0.2, 0) is 11.2 Å². The Labute approximate surface area is 167 Å². The smallest absolute Gasteiger partial charge is 0.407 e. The van der Waals surface area contributed by atoms with Crippen LogP contribution in [0.4, 0.5) is 4.79 Å². The summed E-state index contributed by atoms with van der Waals surface area (Å²) in [4.78, 5) is 17.5. The van der Waals surface area contributed by atoms with Crippen molar-refractivity contribution < 1.29 is 14.3 Å². The number of rotatable bonds is 7. The molecule has 2 heterocycles. The number of nitrogens with one attached hydrogen (secondary N) is 2. The van der Waals surface area contributed by atoms with Gasteiger partial charge >= 0.3 is 6.09 Å². The lowest BCUT2D eigenvalue weighted by atomic mass is 10.0. The predicted octanol–water partition coefficient (Wildman–Crippen LogP) is 4.10. The monoisotopic (exact) mass is 387 g/mol. The van der Waals surface area contributed by atoms with E-state index in [0.717, 1.165) is 24.1 Å². The van der Waals surface area contributed by atoms with Gasteiger partial charge in [-0.3, -0.25) is 0 Å². The van der Waals surface area contributed by atoms with E-state index in [1.54, 1.807) is 0 Å². The first-order valence-electron chi connectivity index (χ1n) is 10.2. The molecule has 0 saturated carbocycles. The summed E-state index contributed by atoms with van der Waals surface area (Å²) >= 11 is 0. The van der Waals surface area contributed by atoms with Gasteiger partial charge in [0, 0.05) is 29.7 Å². The molecule has 1 amide bonds. The number of hydrogen-bond donors (Lipinski definition) is 2. The third-order valence-electron chi connectivity index (χ3n) is 5.12. The fraction of sp³-hybridized carbons (Fsp3) is 0.591. The molecule has 0 bridgehead atoms. The largest absolute Gasteiger partial charge is 0.494 e. The van der Waals surface area contributed by atoms with Gasteiger partial charge in [-0.05, 0) is 83.8 Å². The zero-order valence-electron chi connectivity index (χ0n) is 17.5. The Balaban J connectivity index is 1.49. The van der Waals surface area contributed by atoms with Crippen LogP contribution in [-0.4, -0.2) is 54.4 Å². The van der Waals surface area contributed by atoms with E-state index in [1.807, 2.05) is 26.8 Å². The Morgan fingerprint density at radius 1 is 1.36 bits per heavy atom. The van der Waals surface area contributed by atoms with E-state index in [4.69, 9.17) is 9.47 Å². The average molecular weight is 388 g/mol. The lowest BCUT2D eigenvalue weighted by molar-refractivity contribution is 0.0525. The Bertz CT molecular complexity index is 794. The zero-order chi connectivity index (χ0) is 20.1. The highest BCUT2D eigenvalue weighted by molar-refractivity contribution is 5.84. The van der Waals surface area contributed by atoms with Gasteiger partial charge in [-0.15, -0.1) is 0 Å². The molecular weight excluding hydrogens is 354 g/mol. The maximum atomic E-state index is 11.6. The number of amides is 1. The minimum Gasteiger partial charge on any atom is -0.494 e. The van der Waals surface area contributed by atoms with Gasteiger partial charge in [0.15, 0.2) is 0 Å². The molecule has 1 aliphatic heterocycles. The van der Waals surface area contributed by atoms with Gasteiger partial charge < -0.3 is 24.7 Å². The standard InChI is InChI=1S/C22H33N3O3/c1-22(2,3)28-21(26)23-10-6-12-27-18-8-9-20-19(14-18)16(15-24-20)13-17-7-5-11-25(17)4/h8-9,14-15,17,24H,5-7,10-13H2,1-4H3,(H,23,26)/t17-/m0/s1. The van der Waals surface area contributed by atoms with E-state index in [-0.39, 0.29) is 6.09 Å². The molecule has 28 heavy (non-hydrogen) atoms. The van der Waals surface area contributed by atoms with Crippen molar-refractivity contribution in [3.63, 3.8) is 0 Å². The Hall–Kier alpha value is -2.21. The Morgan fingerprint density at radius 2 is 2.18 bits per heavy atom. The van der Waals surface area contributed by atoms with Crippen molar-refractivity contribution in [3.05, 3.63) is 30.0 Å². The number of nitrogens with zero attached hydrogens (tertiary/aromatic N) is 1. The average Bonchev–Trinajstić information content (AvgIpc) is 3.20. The van der Waals surface area contributed by atoms with Crippen molar-refractivity contribution in [1.29, 1.82) is 0 Å². The van der Waals surface area contributed by atoms with Crippen LogP contribution < -0.4 is 10.1 Å². The SMILES string of the molecule is CN1CCC[C@H]1Cc1c[nH]c2ccc(OCCCNC(=O)OC(C)(C)C)cc12. The number of hydrogen-bond acceptors (Lipinski definition) is 4. The molecule has 0 radical (unpaired) electrons. The van der Waals surface area contributed by atoms with E-state index >= 15 is 0 Å². The molecular formula is C22H33N3O3. The molecule has 0 unspecified atom stereocenters. The van der Waals surface area contributed by atoms with E-state index < -0.39 is 5.60 Å². The topological polar surface area (TPSA) is 66.6 Å². The van der Waals surface area contributed by atoms with Crippen LogP contribution in [0.3, 0.4) is 0 Å². The molecule has 1 atom stereocenters. The first kappa shape index (κ1) is 20.5. The minimum atomic E-state index is -0.475. The molecule has 0 spiro atoms. The molecule has 1 aromatic heterocycles. The summed E-state index contributed by atoms with van der Waals surface area (Å²) in [5.74, 6) is 0.866. The van der Waals surface area contributed by atoms with Crippen molar-refractivity contribution in [3.8, 4) is 5.75 Å².